The first-order valence-electron chi connectivity index (χ1n) is 6.06. The highest BCUT2D eigenvalue weighted by Crippen LogP contribution is 2.35. The van der Waals surface area contributed by atoms with Gasteiger partial charge in [0.05, 0.1) is 6.61 Å². The third-order valence-corrected chi connectivity index (χ3v) is 4.44. The van der Waals surface area contributed by atoms with Crippen LogP contribution >= 0.6 is 10.7 Å². The lowest BCUT2D eigenvalue weighted by molar-refractivity contribution is 0.293. The topological polar surface area (TPSA) is 43.4 Å². The summed E-state index contributed by atoms with van der Waals surface area (Å²) in [7, 11) is 1.69. The average Bonchev–Trinajstić information content (AvgIpc) is 3.03. The summed E-state index contributed by atoms with van der Waals surface area (Å²) in [6.07, 6.45) is 3.50. The largest absolute Gasteiger partial charge is 0.492 e. The van der Waals surface area contributed by atoms with Gasteiger partial charge in [-0.15, -0.1) is 0 Å². The summed E-state index contributed by atoms with van der Waals surface area (Å²) in [5.74, 6) is 1.16. The Labute approximate surface area is 113 Å². The first-order valence-corrected chi connectivity index (χ1v) is 8.37. The summed E-state index contributed by atoms with van der Waals surface area (Å²) >= 11 is 0. The molecule has 0 radical (unpaired) electrons. The molecule has 1 aliphatic rings. The van der Waals surface area contributed by atoms with Gasteiger partial charge < -0.3 is 4.74 Å². The Hall–Kier alpha value is -0.740. The number of halogens is 1. The minimum Gasteiger partial charge on any atom is -0.492 e. The van der Waals surface area contributed by atoms with Crippen LogP contribution in [0.1, 0.15) is 30.4 Å². The zero-order chi connectivity index (χ0) is 13.3. The number of hydrogen-bond donors (Lipinski definition) is 0. The molecule has 1 aromatic rings. The smallest absolute Gasteiger partial charge is 0.265 e. The number of hydrogen-bond acceptors (Lipinski definition) is 3. The molecule has 0 aromatic heterocycles. The summed E-state index contributed by atoms with van der Waals surface area (Å²) < 4.78 is 28.7. The number of aryl methyl sites for hydroxylation is 2. The van der Waals surface area contributed by atoms with Crippen LogP contribution in [0.2, 0.25) is 0 Å². The van der Waals surface area contributed by atoms with Gasteiger partial charge in [0, 0.05) is 10.7 Å². The third kappa shape index (κ3) is 3.39. The summed E-state index contributed by atoms with van der Waals surface area (Å²) in [6.45, 7) is 4.23. The normalized spacial score (nSPS) is 15.7. The van der Waals surface area contributed by atoms with Gasteiger partial charge in [0.15, 0.2) is 0 Å². The van der Waals surface area contributed by atoms with Gasteiger partial charge in [0.1, 0.15) is 10.6 Å². The summed E-state index contributed by atoms with van der Waals surface area (Å²) in [5, 5.41) is 0. The molecule has 1 aromatic carbocycles. The lowest BCUT2D eigenvalue weighted by atomic mass is 10.1. The molecule has 0 bridgehead atoms. The van der Waals surface area contributed by atoms with E-state index in [2.05, 4.69) is 0 Å². The SMILES string of the molecule is Cc1cc(C)c(OCCC2CC2)c(S(=O)(=O)Cl)c1. The molecule has 2 rings (SSSR count). The van der Waals surface area contributed by atoms with E-state index >= 15 is 0 Å². The second kappa shape index (κ2) is 5.10. The van der Waals surface area contributed by atoms with Gasteiger partial charge in [-0.3, -0.25) is 0 Å². The van der Waals surface area contributed by atoms with Crippen LogP contribution in [-0.4, -0.2) is 15.0 Å². The molecule has 0 aliphatic heterocycles. The predicted molar refractivity (Wildman–Crippen MR) is 71.8 cm³/mol. The Kier molecular flexibility index (Phi) is 3.87. The van der Waals surface area contributed by atoms with E-state index in [4.69, 9.17) is 15.4 Å². The van der Waals surface area contributed by atoms with Gasteiger partial charge >= 0.3 is 0 Å². The second-order valence-electron chi connectivity index (χ2n) is 4.93. The number of benzene rings is 1. The highest BCUT2D eigenvalue weighted by atomic mass is 35.7. The molecule has 1 saturated carbocycles. The Morgan fingerprint density at radius 1 is 1.33 bits per heavy atom. The molecule has 0 spiro atoms. The van der Waals surface area contributed by atoms with E-state index in [-0.39, 0.29) is 4.90 Å². The first-order chi connectivity index (χ1) is 8.38. The van der Waals surface area contributed by atoms with Crippen molar-refractivity contribution in [3.05, 3.63) is 23.3 Å². The minimum atomic E-state index is -3.77. The van der Waals surface area contributed by atoms with Crippen molar-refractivity contribution in [3.8, 4) is 5.75 Å². The molecule has 100 valence electrons. The van der Waals surface area contributed by atoms with Crippen molar-refractivity contribution in [1.82, 2.24) is 0 Å². The van der Waals surface area contributed by atoms with Gasteiger partial charge in [-0.05, 0) is 43.4 Å². The first kappa shape index (κ1) is 13.7. The predicted octanol–water partition coefficient (Wildman–Crippen LogP) is 3.41. The van der Waals surface area contributed by atoms with E-state index in [1.807, 2.05) is 19.9 Å². The van der Waals surface area contributed by atoms with E-state index in [0.717, 1.165) is 23.5 Å². The van der Waals surface area contributed by atoms with Crippen LogP contribution in [0, 0.1) is 19.8 Å². The van der Waals surface area contributed by atoms with Crippen molar-refractivity contribution in [2.45, 2.75) is 38.0 Å². The summed E-state index contributed by atoms with van der Waals surface area (Å²) in [4.78, 5) is 0.0810. The zero-order valence-corrected chi connectivity index (χ0v) is 12.1. The van der Waals surface area contributed by atoms with Crippen molar-refractivity contribution in [2.24, 2.45) is 5.92 Å². The van der Waals surface area contributed by atoms with Crippen molar-refractivity contribution in [3.63, 3.8) is 0 Å². The maximum atomic E-state index is 11.6. The average molecular weight is 289 g/mol. The van der Waals surface area contributed by atoms with Gasteiger partial charge in [0.25, 0.3) is 9.05 Å². The monoisotopic (exact) mass is 288 g/mol. The maximum absolute atomic E-state index is 11.6. The third-order valence-electron chi connectivity index (χ3n) is 3.12. The van der Waals surface area contributed by atoms with Crippen LogP contribution in [0.5, 0.6) is 5.75 Å². The number of ether oxygens (including phenoxy) is 1. The van der Waals surface area contributed by atoms with E-state index in [1.165, 1.54) is 12.8 Å². The van der Waals surface area contributed by atoms with E-state index in [0.29, 0.717) is 12.4 Å². The fourth-order valence-electron chi connectivity index (χ4n) is 2.02. The van der Waals surface area contributed by atoms with Crippen LogP contribution in [0.3, 0.4) is 0 Å². The minimum absolute atomic E-state index is 0.0810. The molecule has 0 amide bonds. The lowest BCUT2D eigenvalue weighted by Crippen LogP contribution is -2.05. The molecular weight excluding hydrogens is 272 g/mol. The molecule has 0 saturated heterocycles. The zero-order valence-electron chi connectivity index (χ0n) is 10.6. The number of rotatable bonds is 5. The molecule has 0 atom stereocenters. The van der Waals surface area contributed by atoms with Crippen LogP contribution in [0.4, 0.5) is 0 Å². The van der Waals surface area contributed by atoms with E-state index < -0.39 is 9.05 Å². The Balaban J connectivity index is 2.25. The van der Waals surface area contributed by atoms with Crippen LogP contribution in [0.15, 0.2) is 17.0 Å². The summed E-state index contributed by atoms with van der Waals surface area (Å²) in [5.41, 5.74) is 1.67. The molecule has 1 fully saturated rings. The van der Waals surface area contributed by atoms with Crippen molar-refractivity contribution >= 4 is 19.7 Å². The van der Waals surface area contributed by atoms with E-state index in [1.54, 1.807) is 6.07 Å². The van der Waals surface area contributed by atoms with Crippen molar-refractivity contribution < 1.29 is 13.2 Å². The Bertz CT molecular complexity index is 548. The molecule has 5 heteroatoms. The van der Waals surface area contributed by atoms with Crippen molar-refractivity contribution in [2.75, 3.05) is 6.61 Å². The highest BCUT2D eigenvalue weighted by molar-refractivity contribution is 8.13. The van der Waals surface area contributed by atoms with Gasteiger partial charge in [-0.2, -0.15) is 0 Å². The Morgan fingerprint density at radius 2 is 2.00 bits per heavy atom. The van der Waals surface area contributed by atoms with Crippen LogP contribution < -0.4 is 4.74 Å². The fourth-order valence-corrected chi connectivity index (χ4v) is 3.13. The molecule has 1 aliphatic carbocycles. The highest BCUT2D eigenvalue weighted by Gasteiger charge is 2.23. The molecular formula is C13H17ClO3S. The van der Waals surface area contributed by atoms with Crippen molar-refractivity contribution in [1.29, 1.82) is 0 Å². The Morgan fingerprint density at radius 3 is 2.56 bits per heavy atom. The maximum Gasteiger partial charge on any atom is 0.265 e. The van der Waals surface area contributed by atoms with Gasteiger partial charge in [-0.1, -0.05) is 18.9 Å². The molecule has 0 unspecified atom stereocenters. The fraction of sp³-hybridized carbons (Fsp3) is 0.538. The quantitative estimate of drug-likeness (QED) is 0.780. The van der Waals surface area contributed by atoms with E-state index in [9.17, 15) is 8.42 Å². The second-order valence-corrected chi connectivity index (χ2v) is 7.46. The summed E-state index contributed by atoms with van der Waals surface area (Å²) in [6, 6.07) is 3.46. The standard InChI is InChI=1S/C13H17ClO3S/c1-9-7-10(2)13(12(8-9)18(14,15)16)17-6-5-11-3-4-11/h7-8,11H,3-6H2,1-2H3. The molecule has 0 N–H and O–H groups in total. The van der Waals surface area contributed by atoms with Crippen LogP contribution in [0.25, 0.3) is 0 Å². The van der Waals surface area contributed by atoms with Crippen LogP contribution in [-0.2, 0) is 9.05 Å². The molecule has 3 nitrogen and oxygen atoms in total. The molecule has 0 heterocycles. The van der Waals surface area contributed by atoms with Gasteiger partial charge in [-0.25, -0.2) is 8.42 Å². The van der Waals surface area contributed by atoms with Gasteiger partial charge in [0.2, 0.25) is 0 Å². The lowest BCUT2D eigenvalue weighted by Gasteiger charge is -2.13. The molecule has 18 heavy (non-hydrogen) atoms.